The fourth-order valence-corrected chi connectivity index (χ4v) is 5.93. The Labute approximate surface area is 238 Å². The van der Waals surface area contributed by atoms with Crippen molar-refractivity contribution < 1.29 is 8.83 Å². The van der Waals surface area contributed by atoms with Crippen LogP contribution in [-0.2, 0) is 0 Å². The Hall–Kier alpha value is -5.81. The molecule has 0 aliphatic rings. The molecule has 10 aromatic rings. The monoisotopic (exact) mass is 567 g/mol. The lowest BCUT2D eigenvalue weighted by atomic mass is 10.1. The van der Waals surface area contributed by atoms with Gasteiger partial charge in [-0.2, -0.15) is 28.5 Å². The van der Waals surface area contributed by atoms with E-state index in [1.807, 2.05) is 84.9 Å². The zero-order valence-electron chi connectivity index (χ0n) is 21.3. The first kappa shape index (κ1) is 21.9. The minimum atomic E-state index is 0.0461. The molecule has 0 atom stereocenters. The molecule has 0 radical (unpaired) electrons. The van der Waals surface area contributed by atoms with Gasteiger partial charge in [-0.05, 0) is 35.9 Å². The first-order valence-corrected chi connectivity index (χ1v) is 13.5. The van der Waals surface area contributed by atoms with Crippen molar-refractivity contribution in [3.8, 4) is 22.8 Å². The second-order valence-corrected chi connectivity index (χ2v) is 10.3. The highest BCUT2D eigenvalue weighted by molar-refractivity contribution is 6.28. The van der Waals surface area contributed by atoms with Gasteiger partial charge in [-0.1, -0.05) is 60.7 Å². The summed E-state index contributed by atoms with van der Waals surface area (Å²) in [5.74, 6) is 1.98. The number of aromatic nitrogens is 9. The van der Waals surface area contributed by atoms with Gasteiger partial charge in [0.1, 0.15) is 22.3 Å². The first-order valence-electron chi connectivity index (χ1n) is 13.1. The molecule has 12 heteroatoms. The maximum Gasteiger partial charge on any atom is 0.261 e. The lowest BCUT2D eigenvalue weighted by Gasteiger charge is -1.97. The summed E-state index contributed by atoms with van der Waals surface area (Å²) < 4.78 is 17.2. The van der Waals surface area contributed by atoms with Crippen LogP contribution in [0.3, 0.4) is 0 Å². The topological polar surface area (TPSA) is 117 Å². The van der Waals surface area contributed by atoms with E-state index >= 15 is 0 Å². The molecule has 0 fully saturated rings. The zero-order chi connectivity index (χ0) is 27.5. The Morgan fingerprint density at radius 3 is 1.48 bits per heavy atom. The maximum absolute atomic E-state index is 6.29. The highest BCUT2D eigenvalue weighted by Gasteiger charge is 2.24. The van der Waals surface area contributed by atoms with Crippen LogP contribution in [0.5, 0.6) is 0 Å². The number of halogens is 1. The summed E-state index contributed by atoms with van der Waals surface area (Å²) in [7, 11) is 0. The van der Waals surface area contributed by atoms with Crippen LogP contribution in [0, 0.1) is 0 Å². The smallest absolute Gasteiger partial charge is 0.261 e. The third-order valence-corrected chi connectivity index (χ3v) is 7.76. The van der Waals surface area contributed by atoms with Crippen LogP contribution in [-0.4, -0.2) is 43.8 Å². The number of nitrogens with zero attached hydrogens (tertiary/aromatic N) is 9. The third kappa shape index (κ3) is 2.79. The molecule has 0 N–H and O–H groups in total. The van der Waals surface area contributed by atoms with Crippen LogP contribution in [0.1, 0.15) is 0 Å². The van der Waals surface area contributed by atoms with Gasteiger partial charge in [-0.25, -0.2) is 0 Å². The molecule has 198 valence electrons. The van der Waals surface area contributed by atoms with Gasteiger partial charge in [0.25, 0.3) is 17.3 Å². The number of fused-ring (bicyclic) bond motifs is 12. The van der Waals surface area contributed by atoms with Crippen molar-refractivity contribution in [1.29, 1.82) is 0 Å². The van der Waals surface area contributed by atoms with E-state index in [2.05, 4.69) is 10.1 Å². The van der Waals surface area contributed by atoms with E-state index in [0.29, 0.717) is 40.1 Å². The molecular weight excluding hydrogens is 554 g/mol. The summed E-state index contributed by atoms with van der Waals surface area (Å²) >= 11 is 6.29. The summed E-state index contributed by atoms with van der Waals surface area (Å²) in [6.45, 7) is 0. The van der Waals surface area contributed by atoms with Gasteiger partial charge in [-0.3, -0.25) is 0 Å². The molecular formula is C30H14ClN9O2. The number of hydrogen-bond donors (Lipinski definition) is 0. The normalized spacial score (nSPS) is 12.4. The molecule has 0 amide bonds. The van der Waals surface area contributed by atoms with Crippen LogP contribution in [0.25, 0.3) is 84.0 Å². The molecule has 4 aromatic carbocycles. The second kappa shape index (κ2) is 7.68. The van der Waals surface area contributed by atoms with E-state index in [-0.39, 0.29) is 5.28 Å². The van der Waals surface area contributed by atoms with E-state index < -0.39 is 0 Å². The van der Waals surface area contributed by atoms with E-state index in [0.717, 1.165) is 43.8 Å². The minimum Gasteiger partial charge on any atom is -0.455 e. The van der Waals surface area contributed by atoms with Crippen LogP contribution in [0.2, 0.25) is 5.28 Å². The fraction of sp³-hybridized carbons (Fsp3) is 0. The number of para-hydroxylation sites is 4. The van der Waals surface area contributed by atoms with Crippen LogP contribution in [0.4, 0.5) is 0 Å². The molecule has 0 bridgehead atoms. The minimum absolute atomic E-state index is 0.0461. The Kier molecular flexibility index (Phi) is 4.01. The van der Waals surface area contributed by atoms with Gasteiger partial charge in [-0.15, -0.1) is 15.3 Å². The summed E-state index contributed by atoms with van der Waals surface area (Å²) in [4.78, 5) is 14.2. The molecule has 0 spiro atoms. The summed E-state index contributed by atoms with van der Waals surface area (Å²) in [6.07, 6.45) is 0. The highest BCUT2D eigenvalue weighted by Crippen LogP contribution is 2.36. The fourth-order valence-electron chi connectivity index (χ4n) is 5.78. The Balaban J connectivity index is 1.27. The summed E-state index contributed by atoms with van der Waals surface area (Å²) in [5, 5.41) is 18.1. The average Bonchev–Trinajstić information content (AvgIpc) is 3.83. The molecule has 0 unspecified atom stereocenters. The number of rotatable bonds is 2. The third-order valence-electron chi connectivity index (χ3n) is 7.60. The largest absolute Gasteiger partial charge is 0.455 e. The van der Waals surface area contributed by atoms with Gasteiger partial charge in [0.2, 0.25) is 5.28 Å². The molecule has 6 aromatic heterocycles. The molecule has 10 rings (SSSR count). The van der Waals surface area contributed by atoms with Gasteiger partial charge in [0, 0.05) is 21.5 Å². The van der Waals surface area contributed by atoms with Crippen LogP contribution >= 0.6 is 11.6 Å². The lowest BCUT2D eigenvalue weighted by Crippen LogP contribution is -2.06. The lowest BCUT2D eigenvalue weighted by molar-refractivity contribution is 0.669. The molecule has 11 nitrogen and oxygen atoms in total. The molecule has 42 heavy (non-hydrogen) atoms. The quantitative estimate of drug-likeness (QED) is 0.229. The first-order chi connectivity index (χ1) is 20.7. The van der Waals surface area contributed by atoms with Crippen LogP contribution < -0.4 is 0 Å². The van der Waals surface area contributed by atoms with Gasteiger partial charge < -0.3 is 8.83 Å². The standard InChI is InChI=1S/C30H14ClN9O2/c31-27-34-30-39-28(32-25(36-39)19-11-5-9-17-15-7-1-3-13-21(15)41-23(17)19)38-29(40(30)37-27)33-26(35-38)20-12-6-10-18-16-8-2-4-14-22(16)42-24(18)20/h1-14H. The van der Waals surface area contributed by atoms with E-state index in [1.165, 1.54) is 4.52 Å². The molecule has 0 aliphatic carbocycles. The van der Waals surface area contributed by atoms with E-state index in [9.17, 15) is 0 Å². The van der Waals surface area contributed by atoms with E-state index in [4.69, 9.17) is 40.6 Å². The Morgan fingerprint density at radius 1 is 0.476 bits per heavy atom. The number of hydrogen-bond acceptors (Lipinski definition) is 8. The van der Waals surface area contributed by atoms with Crippen molar-refractivity contribution in [2.75, 3.05) is 0 Å². The zero-order valence-corrected chi connectivity index (χ0v) is 22.1. The molecule has 6 heterocycles. The molecule has 0 saturated heterocycles. The van der Waals surface area contributed by atoms with Crippen molar-refractivity contribution in [3.63, 3.8) is 0 Å². The van der Waals surface area contributed by atoms with E-state index in [1.54, 1.807) is 9.03 Å². The van der Waals surface area contributed by atoms with Crippen molar-refractivity contribution >= 4 is 72.8 Å². The van der Waals surface area contributed by atoms with Crippen molar-refractivity contribution in [3.05, 3.63) is 90.2 Å². The molecule has 0 aliphatic heterocycles. The molecule has 0 saturated carbocycles. The SMILES string of the molecule is Clc1nc2n(n1)c1nc(-c3cccc4c3oc3ccccc34)nn1c1nc(-c3cccc4c3oc3ccccc34)nn21. The number of furan rings is 2. The maximum atomic E-state index is 6.29. The van der Waals surface area contributed by atoms with Crippen molar-refractivity contribution in [2.24, 2.45) is 0 Å². The second-order valence-electron chi connectivity index (χ2n) is 9.95. The summed E-state index contributed by atoms with van der Waals surface area (Å²) in [6, 6.07) is 27.7. The van der Waals surface area contributed by atoms with Gasteiger partial charge >= 0.3 is 0 Å². The Bertz CT molecular complexity index is 2540. The van der Waals surface area contributed by atoms with Crippen molar-refractivity contribution in [2.45, 2.75) is 0 Å². The van der Waals surface area contributed by atoms with Crippen molar-refractivity contribution in [1.82, 2.24) is 43.8 Å². The predicted molar refractivity (Wildman–Crippen MR) is 157 cm³/mol. The van der Waals surface area contributed by atoms with Crippen LogP contribution in [0.15, 0.2) is 93.8 Å². The average molecular weight is 568 g/mol. The predicted octanol–water partition coefficient (Wildman–Crippen LogP) is 6.60. The Morgan fingerprint density at radius 2 is 0.929 bits per heavy atom. The van der Waals surface area contributed by atoms with Gasteiger partial charge in [0.15, 0.2) is 11.6 Å². The summed E-state index contributed by atoms with van der Waals surface area (Å²) in [5.41, 5.74) is 4.43. The number of benzene rings is 4. The van der Waals surface area contributed by atoms with Gasteiger partial charge in [0.05, 0.1) is 11.1 Å². The highest BCUT2D eigenvalue weighted by atomic mass is 35.5.